The van der Waals surface area contributed by atoms with Crippen molar-refractivity contribution in [3.05, 3.63) is 60.4 Å². The number of aromatic nitrogens is 2. The lowest BCUT2D eigenvalue weighted by atomic mass is 9.99. The molecule has 0 fully saturated rings. The van der Waals surface area contributed by atoms with Gasteiger partial charge in [0.05, 0.1) is 6.61 Å². The van der Waals surface area contributed by atoms with E-state index >= 15 is 0 Å². The van der Waals surface area contributed by atoms with Gasteiger partial charge in [-0.05, 0) is 56.0 Å². The van der Waals surface area contributed by atoms with Gasteiger partial charge in [0.25, 0.3) is 0 Å². The summed E-state index contributed by atoms with van der Waals surface area (Å²) in [7, 11) is 0. The van der Waals surface area contributed by atoms with E-state index in [2.05, 4.69) is 23.8 Å². The topological polar surface area (TPSA) is 61.3 Å². The zero-order chi connectivity index (χ0) is 31.8. The van der Waals surface area contributed by atoms with Crippen LogP contribution in [0.25, 0.3) is 22.5 Å². The number of ether oxygens (including phenoxy) is 2. The van der Waals surface area contributed by atoms with Gasteiger partial charge in [-0.25, -0.2) is 27.9 Å². The summed E-state index contributed by atoms with van der Waals surface area (Å²) < 4.78 is 55.0. The lowest BCUT2D eigenvalue weighted by Gasteiger charge is -2.18. The Bertz CT molecular complexity index is 1260. The van der Waals surface area contributed by atoms with E-state index in [4.69, 9.17) is 9.47 Å². The quantitative estimate of drug-likeness (QED) is 0.0722. The number of halogens is 3. The van der Waals surface area contributed by atoms with E-state index in [9.17, 15) is 18.0 Å². The van der Waals surface area contributed by atoms with Gasteiger partial charge >= 0.3 is 5.97 Å². The maximum Gasteiger partial charge on any atom is 0.348 e. The number of unbranched alkanes of at least 4 members (excludes halogenated alkanes) is 11. The molecule has 0 aliphatic carbocycles. The smallest absolute Gasteiger partial charge is 0.348 e. The number of hydrogen-bond acceptors (Lipinski definition) is 5. The van der Waals surface area contributed by atoms with Crippen LogP contribution in [0.15, 0.2) is 48.8 Å². The summed E-state index contributed by atoms with van der Waals surface area (Å²) in [4.78, 5) is 21.0. The van der Waals surface area contributed by atoms with Gasteiger partial charge in [-0.1, -0.05) is 96.6 Å². The van der Waals surface area contributed by atoms with Gasteiger partial charge in [-0.2, -0.15) is 0 Å². The number of alkyl halides is 1. The molecular formula is C36H47F3N2O3. The Balaban J connectivity index is 1.51. The van der Waals surface area contributed by atoms with Gasteiger partial charge in [-0.15, -0.1) is 0 Å². The summed E-state index contributed by atoms with van der Waals surface area (Å²) in [6.45, 7) is 5.83. The molecule has 0 spiro atoms. The first-order valence-corrected chi connectivity index (χ1v) is 16.2. The van der Waals surface area contributed by atoms with Crippen LogP contribution < -0.4 is 9.47 Å². The van der Waals surface area contributed by atoms with Gasteiger partial charge in [0.2, 0.25) is 5.67 Å². The Kier molecular flexibility index (Phi) is 14.7. The molecule has 1 heterocycles. The Morgan fingerprint density at radius 3 is 1.82 bits per heavy atom. The summed E-state index contributed by atoms with van der Waals surface area (Å²) in [6.07, 6.45) is 16.9. The molecule has 5 nitrogen and oxygen atoms in total. The summed E-state index contributed by atoms with van der Waals surface area (Å²) in [5.41, 5.74) is -0.462. The number of hydrogen-bond donors (Lipinski definition) is 0. The number of carbonyl (C=O) groups is 1. The largest absolute Gasteiger partial charge is 0.488 e. The number of esters is 1. The fraction of sp³-hybridized carbons (Fsp3) is 0.528. The second kappa shape index (κ2) is 18.4. The molecule has 8 heteroatoms. The highest BCUT2D eigenvalue weighted by molar-refractivity contribution is 5.81. The standard InChI is InChI=1S/C36H47F3N2O3/c1-4-6-8-10-11-12-14-16-22-43-33-31(37)23-28(24-32(33)38)34-40-25-29(26-41-34)27-17-19-30(20-18-27)44-35(42)36(3,39)21-15-13-9-7-5-2/h17-20,23-26H,4-16,21-22H2,1-3H3/t36-/m0/s1. The van der Waals surface area contributed by atoms with Gasteiger partial charge in [0.15, 0.2) is 23.2 Å². The van der Waals surface area contributed by atoms with Crippen LogP contribution in [0.1, 0.15) is 111 Å². The van der Waals surface area contributed by atoms with Crippen molar-refractivity contribution in [1.82, 2.24) is 9.97 Å². The second-order valence-electron chi connectivity index (χ2n) is 11.7. The summed E-state index contributed by atoms with van der Waals surface area (Å²) >= 11 is 0. The Morgan fingerprint density at radius 1 is 0.727 bits per heavy atom. The molecule has 0 saturated heterocycles. The van der Waals surface area contributed by atoms with Crippen LogP contribution in [0, 0.1) is 11.6 Å². The average molecular weight is 613 g/mol. The maximum absolute atomic E-state index is 14.9. The number of rotatable bonds is 20. The molecule has 44 heavy (non-hydrogen) atoms. The van der Waals surface area contributed by atoms with Gasteiger partial charge < -0.3 is 9.47 Å². The van der Waals surface area contributed by atoms with Crippen molar-refractivity contribution in [2.45, 2.75) is 116 Å². The first kappa shape index (κ1) is 35.1. The highest BCUT2D eigenvalue weighted by Gasteiger charge is 2.34. The van der Waals surface area contributed by atoms with Crippen LogP contribution in [-0.4, -0.2) is 28.2 Å². The van der Waals surface area contributed by atoms with Gasteiger partial charge in [0, 0.05) is 23.5 Å². The molecule has 0 aliphatic rings. The lowest BCUT2D eigenvalue weighted by molar-refractivity contribution is -0.147. The molecule has 0 bridgehead atoms. The molecule has 0 amide bonds. The first-order chi connectivity index (χ1) is 21.2. The highest BCUT2D eigenvalue weighted by atomic mass is 19.1. The molecule has 1 atom stereocenters. The van der Waals surface area contributed by atoms with E-state index in [0.29, 0.717) is 12.0 Å². The summed E-state index contributed by atoms with van der Waals surface area (Å²) in [5, 5.41) is 0. The fourth-order valence-corrected chi connectivity index (χ4v) is 4.95. The zero-order valence-corrected chi connectivity index (χ0v) is 26.5. The SMILES string of the molecule is CCCCCCCCCCOc1c(F)cc(-c2ncc(-c3ccc(OC(=O)[C@@](C)(F)CCCCCCC)cc3)cn2)cc1F. The predicted molar refractivity (Wildman–Crippen MR) is 169 cm³/mol. The fourth-order valence-electron chi connectivity index (χ4n) is 4.95. The molecular weight excluding hydrogens is 565 g/mol. The summed E-state index contributed by atoms with van der Waals surface area (Å²) in [6, 6.07) is 8.92. The van der Waals surface area contributed by atoms with Crippen molar-refractivity contribution < 1.29 is 27.4 Å². The molecule has 0 saturated carbocycles. The van der Waals surface area contributed by atoms with Gasteiger partial charge in [-0.3, -0.25) is 0 Å². The molecule has 1 aromatic heterocycles. The van der Waals surface area contributed by atoms with Crippen molar-refractivity contribution in [2.75, 3.05) is 6.61 Å². The first-order valence-electron chi connectivity index (χ1n) is 16.2. The molecule has 240 valence electrons. The Morgan fingerprint density at radius 2 is 1.25 bits per heavy atom. The van der Waals surface area contributed by atoms with E-state index in [-0.39, 0.29) is 35.9 Å². The molecule has 3 rings (SSSR count). The number of nitrogens with zero attached hydrogens (tertiary/aromatic N) is 2. The van der Waals surface area contributed by atoms with Crippen LogP contribution in [0.4, 0.5) is 13.2 Å². The van der Waals surface area contributed by atoms with Crippen LogP contribution in [0.3, 0.4) is 0 Å². The molecule has 3 aromatic rings. The molecule has 0 aliphatic heterocycles. The zero-order valence-electron chi connectivity index (χ0n) is 26.5. The van der Waals surface area contributed by atoms with Crippen molar-refractivity contribution in [3.63, 3.8) is 0 Å². The normalized spacial score (nSPS) is 12.6. The molecule has 0 N–H and O–H groups in total. The average Bonchev–Trinajstić information content (AvgIpc) is 3.01. The minimum absolute atomic E-state index is 0.125. The van der Waals surface area contributed by atoms with E-state index in [1.54, 1.807) is 36.7 Å². The van der Waals surface area contributed by atoms with Crippen LogP contribution >= 0.6 is 0 Å². The highest BCUT2D eigenvalue weighted by Crippen LogP contribution is 2.29. The van der Waals surface area contributed by atoms with Gasteiger partial charge in [0.1, 0.15) is 5.75 Å². The van der Waals surface area contributed by atoms with E-state index in [1.807, 2.05) is 0 Å². The van der Waals surface area contributed by atoms with Crippen LogP contribution in [0.2, 0.25) is 0 Å². The summed E-state index contributed by atoms with van der Waals surface area (Å²) in [5.74, 6) is -2.46. The number of carbonyl (C=O) groups excluding carboxylic acids is 1. The Labute approximate surface area is 260 Å². The van der Waals surface area contributed by atoms with E-state index in [0.717, 1.165) is 50.5 Å². The second-order valence-corrected chi connectivity index (χ2v) is 11.7. The Hall–Kier alpha value is -3.42. The maximum atomic E-state index is 14.9. The lowest BCUT2D eigenvalue weighted by Crippen LogP contribution is -2.34. The van der Waals surface area contributed by atoms with Crippen LogP contribution in [-0.2, 0) is 4.79 Å². The monoisotopic (exact) mass is 612 g/mol. The number of benzene rings is 2. The third-order valence-electron chi connectivity index (χ3n) is 7.73. The minimum Gasteiger partial charge on any atom is -0.488 e. The van der Waals surface area contributed by atoms with Crippen LogP contribution in [0.5, 0.6) is 11.5 Å². The molecule has 2 aromatic carbocycles. The van der Waals surface area contributed by atoms with Crippen molar-refractivity contribution in [1.29, 1.82) is 0 Å². The molecule has 0 unspecified atom stereocenters. The predicted octanol–water partition coefficient (Wildman–Crippen LogP) is 10.6. The van der Waals surface area contributed by atoms with Crippen molar-refractivity contribution in [3.8, 4) is 34.0 Å². The minimum atomic E-state index is -2.05. The third kappa shape index (κ3) is 11.3. The molecule has 0 radical (unpaired) electrons. The third-order valence-corrected chi connectivity index (χ3v) is 7.73. The van der Waals surface area contributed by atoms with E-state index < -0.39 is 23.3 Å². The van der Waals surface area contributed by atoms with E-state index in [1.165, 1.54) is 51.2 Å². The van der Waals surface area contributed by atoms with Crippen molar-refractivity contribution in [2.24, 2.45) is 0 Å². The van der Waals surface area contributed by atoms with Crippen molar-refractivity contribution >= 4 is 5.97 Å².